The standard InChI is InChI=1S/C9H13Cl/c1-3-6-9(4-2)7-5-8-10/h3,5-8H,4H2,1-2H3/b6-3-,8-5+,9-7-. The zero-order valence-electron chi connectivity index (χ0n) is 6.47. The molecule has 0 heterocycles. The largest absolute Gasteiger partial charge is 0.0930 e. The second-order valence-electron chi connectivity index (χ2n) is 1.91. The molecule has 0 amide bonds. The van der Waals surface area contributed by atoms with Gasteiger partial charge in [-0.05, 0) is 18.9 Å². The number of hydrogen-bond acceptors (Lipinski definition) is 0. The molecule has 0 rings (SSSR count). The first-order valence-corrected chi connectivity index (χ1v) is 3.87. The maximum atomic E-state index is 5.35. The van der Waals surface area contributed by atoms with Crippen molar-refractivity contribution in [2.24, 2.45) is 0 Å². The summed E-state index contributed by atoms with van der Waals surface area (Å²) >= 11 is 5.35. The summed E-state index contributed by atoms with van der Waals surface area (Å²) in [4.78, 5) is 0. The highest BCUT2D eigenvalue weighted by Gasteiger charge is 1.81. The van der Waals surface area contributed by atoms with Gasteiger partial charge in [0.15, 0.2) is 0 Å². The van der Waals surface area contributed by atoms with E-state index in [1.54, 1.807) is 0 Å². The minimum Gasteiger partial charge on any atom is -0.0930 e. The molecule has 0 saturated heterocycles. The van der Waals surface area contributed by atoms with Crippen LogP contribution in [0, 0.1) is 0 Å². The highest BCUT2D eigenvalue weighted by Crippen LogP contribution is 2.02. The highest BCUT2D eigenvalue weighted by molar-refractivity contribution is 6.25. The molecule has 0 atom stereocenters. The third-order valence-electron chi connectivity index (χ3n) is 1.17. The van der Waals surface area contributed by atoms with Crippen LogP contribution < -0.4 is 0 Å². The lowest BCUT2D eigenvalue weighted by Gasteiger charge is -1.91. The third kappa shape index (κ3) is 4.39. The van der Waals surface area contributed by atoms with Gasteiger partial charge in [0.25, 0.3) is 0 Å². The monoisotopic (exact) mass is 156 g/mol. The highest BCUT2D eigenvalue weighted by atomic mass is 35.5. The fourth-order valence-corrected chi connectivity index (χ4v) is 0.738. The minimum atomic E-state index is 1.05. The first-order chi connectivity index (χ1) is 4.85. The van der Waals surface area contributed by atoms with Crippen LogP contribution in [0.2, 0.25) is 0 Å². The van der Waals surface area contributed by atoms with Crippen LogP contribution in [-0.2, 0) is 0 Å². The van der Waals surface area contributed by atoms with E-state index >= 15 is 0 Å². The molecule has 0 aliphatic rings. The van der Waals surface area contributed by atoms with Crippen molar-refractivity contribution in [1.29, 1.82) is 0 Å². The average molecular weight is 157 g/mol. The molecule has 0 aromatic heterocycles. The molecule has 0 nitrogen and oxygen atoms in total. The van der Waals surface area contributed by atoms with E-state index in [4.69, 9.17) is 11.6 Å². The van der Waals surface area contributed by atoms with Crippen molar-refractivity contribution in [3.8, 4) is 0 Å². The maximum Gasteiger partial charge on any atom is 0.00425 e. The number of allylic oxidation sites excluding steroid dienone is 5. The number of rotatable bonds is 3. The van der Waals surface area contributed by atoms with Gasteiger partial charge in [0.05, 0.1) is 0 Å². The van der Waals surface area contributed by atoms with Crippen molar-refractivity contribution in [3.05, 3.63) is 35.4 Å². The Morgan fingerprint density at radius 2 is 2.20 bits per heavy atom. The molecular weight excluding hydrogens is 144 g/mol. The van der Waals surface area contributed by atoms with E-state index < -0.39 is 0 Å². The van der Waals surface area contributed by atoms with Gasteiger partial charge >= 0.3 is 0 Å². The van der Waals surface area contributed by atoms with Crippen molar-refractivity contribution >= 4 is 11.6 Å². The molecule has 0 aliphatic carbocycles. The topological polar surface area (TPSA) is 0 Å². The molecule has 56 valence electrons. The first-order valence-electron chi connectivity index (χ1n) is 3.43. The fraction of sp³-hybridized carbons (Fsp3) is 0.333. The summed E-state index contributed by atoms with van der Waals surface area (Å²) < 4.78 is 0. The van der Waals surface area contributed by atoms with Crippen molar-refractivity contribution < 1.29 is 0 Å². The van der Waals surface area contributed by atoms with Gasteiger partial charge in [-0.2, -0.15) is 0 Å². The van der Waals surface area contributed by atoms with E-state index in [0.717, 1.165) is 6.42 Å². The Kier molecular flexibility index (Phi) is 6.30. The van der Waals surface area contributed by atoms with Crippen LogP contribution in [0.1, 0.15) is 20.3 Å². The molecule has 0 spiro atoms. The van der Waals surface area contributed by atoms with E-state index in [1.165, 1.54) is 11.1 Å². The molecule has 0 aromatic carbocycles. The SMILES string of the molecule is C\C=C/C(=C\C=C\Cl)CC. The molecule has 0 unspecified atom stereocenters. The van der Waals surface area contributed by atoms with Crippen molar-refractivity contribution in [1.82, 2.24) is 0 Å². The minimum absolute atomic E-state index is 1.05. The molecule has 0 aromatic rings. The second kappa shape index (κ2) is 6.63. The zero-order chi connectivity index (χ0) is 7.82. The molecule has 0 bridgehead atoms. The predicted molar refractivity (Wildman–Crippen MR) is 48.2 cm³/mol. The van der Waals surface area contributed by atoms with Gasteiger partial charge in [0, 0.05) is 5.54 Å². The third-order valence-corrected chi connectivity index (χ3v) is 1.32. The van der Waals surface area contributed by atoms with E-state index in [0.29, 0.717) is 0 Å². The van der Waals surface area contributed by atoms with Gasteiger partial charge in [-0.1, -0.05) is 42.8 Å². The molecular formula is C9H13Cl. The van der Waals surface area contributed by atoms with Crippen molar-refractivity contribution in [2.45, 2.75) is 20.3 Å². The maximum absolute atomic E-state index is 5.35. The molecule has 0 fully saturated rings. The van der Waals surface area contributed by atoms with Crippen LogP contribution in [0.15, 0.2) is 35.4 Å². The van der Waals surface area contributed by atoms with Crippen LogP contribution in [0.5, 0.6) is 0 Å². The molecule has 0 N–H and O–H groups in total. The Bertz CT molecular complexity index is 152. The first kappa shape index (κ1) is 9.51. The van der Waals surface area contributed by atoms with Gasteiger partial charge in [-0.3, -0.25) is 0 Å². The molecule has 10 heavy (non-hydrogen) atoms. The summed E-state index contributed by atoms with van der Waals surface area (Å²) in [6.45, 7) is 4.13. The van der Waals surface area contributed by atoms with Crippen molar-refractivity contribution in [3.63, 3.8) is 0 Å². The van der Waals surface area contributed by atoms with Gasteiger partial charge < -0.3 is 0 Å². The Morgan fingerprint density at radius 3 is 2.60 bits per heavy atom. The average Bonchev–Trinajstić information content (AvgIpc) is 1.98. The summed E-state index contributed by atoms with van der Waals surface area (Å²) in [7, 11) is 0. The van der Waals surface area contributed by atoms with Gasteiger partial charge in [0.2, 0.25) is 0 Å². The molecule has 0 saturated carbocycles. The van der Waals surface area contributed by atoms with E-state index in [1.807, 2.05) is 25.2 Å². The van der Waals surface area contributed by atoms with Crippen LogP contribution >= 0.6 is 11.6 Å². The number of halogens is 1. The van der Waals surface area contributed by atoms with Gasteiger partial charge in [-0.25, -0.2) is 0 Å². The van der Waals surface area contributed by atoms with Crippen molar-refractivity contribution in [2.75, 3.05) is 0 Å². The Morgan fingerprint density at radius 1 is 1.50 bits per heavy atom. The second-order valence-corrected chi connectivity index (χ2v) is 2.17. The zero-order valence-corrected chi connectivity index (χ0v) is 7.23. The van der Waals surface area contributed by atoms with Crippen LogP contribution in [0.4, 0.5) is 0 Å². The van der Waals surface area contributed by atoms with E-state index in [9.17, 15) is 0 Å². The lowest BCUT2D eigenvalue weighted by Crippen LogP contribution is -1.70. The normalized spacial score (nSPS) is 13.7. The van der Waals surface area contributed by atoms with Gasteiger partial charge in [-0.15, -0.1) is 0 Å². The Hall–Kier alpha value is -0.490. The lowest BCUT2D eigenvalue weighted by atomic mass is 10.2. The fourth-order valence-electron chi connectivity index (χ4n) is 0.665. The summed E-state index contributed by atoms with van der Waals surface area (Å²) in [6, 6.07) is 0. The van der Waals surface area contributed by atoms with E-state index in [2.05, 4.69) is 13.0 Å². The van der Waals surface area contributed by atoms with Crippen LogP contribution in [-0.4, -0.2) is 0 Å². The molecule has 0 radical (unpaired) electrons. The summed E-state index contributed by atoms with van der Waals surface area (Å²) in [5.74, 6) is 0. The number of hydrogen-bond donors (Lipinski definition) is 0. The predicted octanol–water partition coefficient (Wildman–Crippen LogP) is 3.65. The van der Waals surface area contributed by atoms with E-state index in [-0.39, 0.29) is 0 Å². The molecule has 1 heteroatoms. The van der Waals surface area contributed by atoms with Gasteiger partial charge in [0.1, 0.15) is 0 Å². The quantitative estimate of drug-likeness (QED) is 0.548. The summed E-state index contributed by atoms with van der Waals surface area (Å²) in [5, 5.41) is 0. The van der Waals surface area contributed by atoms with Crippen LogP contribution in [0.25, 0.3) is 0 Å². The smallest absolute Gasteiger partial charge is 0.00425 e. The Balaban J connectivity index is 4.04. The van der Waals surface area contributed by atoms with Crippen LogP contribution in [0.3, 0.4) is 0 Å². The molecule has 0 aliphatic heterocycles. The lowest BCUT2D eigenvalue weighted by molar-refractivity contribution is 1.15. The summed E-state index contributed by atoms with van der Waals surface area (Å²) in [5.41, 5.74) is 2.80. The summed E-state index contributed by atoms with van der Waals surface area (Å²) in [6.07, 6.45) is 8.99. The Labute approximate surface area is 67.9 Å².